The minimum atomic E-state index is -4.58. The third kappa shape index (κ3) is 3.84. The molecule has 1 rings (SSSR count). The van der Waals surface area contributed by atoms with Gasteiger partial charge in [0.05, 0.1) is 0 Å². The molecule has 0 radical (unpaired) electrons. The van der Waals surface area contributed by atoms with E-state index in [1.165, 1.54) is 6.07 Å². The van der Waals surface area contributed by atoms with Gasteiger partial charge in [-0.25, -0.2) is 9.97 Å². The largest absolute Gasteiger partial charge is 0.451 e. The summed E-state index contributed by atoms with van der Waals surface area (Å²) in [6, 6.07) is 1.26. The molecule has 16 heavy (non-hydrogen) atoms. The molecule has 0 aliphatic carbocycles. The summed E-state index contributed by atoms with van der Waals surface area (Å²) >= 11 is 5.48. The second kappa shape index (κ2) is 4.86. The monoisotopic (exact) mass is 253 g/mol. The number of aromatic nitrogens is 2. The lowest BCUT2D eigenvalue weighted by Crippen LogP contribution is -2.15. The van der Waals surface area contributed by atoms with Gasteiger partial charge in [-0.05, 0) is 5.92 Å². The van der Waals surface area contributed by atoms with Crippen molar-refractivity contribution in [2.24, 2.45) is 5.92 Å². The van der Waals surface area contributed by atoms with Gasteiger partial charge in [0.1, 0.15) is 11.0 Å². The molecule has 0 amide bonds. The zero-order chi connectivity index (χ0) is 12.3. The number of hydrogen-bond donors (Lipinski definition) is 1. The number of hydrogen-bond acceptors (Lipinski definition) is 3. The summed E-state index contributed by atoms with van der Waals surface area (Å²) < 4.78 is 37.0. The topological polar surface area (TPSA) is 37.8 Å². The standard InChI is InChI=1S/C9H11ClF3N3/c1-5(2)4-14-7-3-6(10)15-8(16-7)9(11,12)13/h3,5H,4H2,1-2H3,(H,14,15,16). The maximum Gasteiger partial charge on any atom is 0.451 e. The van der Waals surface area contributed by atoms with Crippen LogP contribution in [0, 0.1) is 5.92 Å². The molecule has 0 saturated carbocycles. The van der Waals surface area contributed by atoms with Crippen molar-refractivity contribution >= 4 is 17.4 Å². The van der Waals surface area contributed by atoms with Crippen molar-refractivity contribution in [2.45, 2.75) is 20.0 Å². The van der Waals surface area contributed by atoms with Gasteiger partial charge in [-0.15, -0.1) is 0 Å². The zero-order valence-corrected chi connectivity index (χ0v) is 9.52. The number of nitrogens with zero attached hydrogens (tertiary/aromatic N) is 2. The molecule has 0 aliphatic rings. The first-order chi connectivity index (χ1) is 7.29. The predicted octanol–water partition coefficient (Wildman–Crippen LogP) is 3.22. The highest BCUT2D eigenvalue weighted by molar-refractivity contribution is 6.29. The maximum atomic E-state index is 12.3. The van der Waals surface area contributed by atoms with E-state index < -0.39 is 12.0 Å². The Morgan fingerprint density at radius 1 is 1.38 bits per heavy atom. The lowest BCUT2D eigenvalue weighted by atomic mass is 10.2. The molecular formula is C9H11ClF3N3. The fourth-order valence-corrected chi connectivity index (χ4v) is 1.13. The summed E-state index contributed by atoms with van der Waals surface area (Å²) in [5.41, 5.74) is 0. The molecule has 0 fully saturated rings. The van der Waals surface area contributed by atoms with Crippen LogP contribution < -0.4 is 5.32 Å². The summed E-state index contributed by atoms with van der Waals surface area (Å²) in [5.74, 6) is -0.852. The van der Waals surface area contributed by atoms with Crippen LogP contribution in [0.4, 0.5) is 19.0 Å². The minimum absolute atomic E-state index is 0.0843. The van der Waals surface area contributed by atoms with Crippen LogP contribution in [0.15, 0.2) is 6.07 Å². The lowest BCUT2D eigenvalue weighted by Gasteiger charge is -2.10. The van der Waals surface area contributed by atoms with Crippen molar-refractivity contribution in [1.82, 2.24) is 9.97 Å². The first-order valence-electron chi connectivity index (χ1n) is 4.64. The Morgan fingerprint density at radius 2 is 2.00 bits per heavy atom. The van der Waals surface area contributed by atoms with Gasteiger partial charge in [0.2, 0.25) is 5.82 Å². The Bertz CT molecular complexity index is 366. The van der Waals surface area contributed by atoms with Crippen molar-refractivity contribution in [3.63, 3.8) is 0 Å². The highest BCUT2D eigenvalue weighted by Crippen LogP contribution is 2.28. The molecule has 1 N–H and O–H groups in total. The molecule has 0 atom stereocenters. The van der Waals surface area contributed by atoms with E-state index in [0.29, 0.717) is 12.5 Å². The quantitative estimate of drug-likeness (QED) is 0.841. The molecule has 0 spiro atoms. The van der Waals surface area contributed by atoms with Crippen molar-refractivity contribution in [3.05, 3.63) is 17.0 Å². The normalized spacial score (nSPS) is 11.9. The average Bonchev–Trinajstić information content (AvgIpc) is 2.12. The summed E-state index contributed by atoms with van der Waals surface area (Å²) in [5, 5.41) is 2.53. The van der Waals surface area contributed by atoms with Crippen LogP contribution in [0.25, 0.3) is 0 Å². The number of anilines is 1. The molecule has 1 heterocycles. The summed E-state index contributed by atoms with van der Waals surface area (Å²) in [4.78, 5) is 6.47. The number of nitrogens with one attached hydrogen (secondary N) is 1. The van der Waals surface area contributed by atoms with Crippen molar-refractivity contribution < 1.29 is 13.2 Å². The molecule has 90 valence electrons. The van der Waals surface area contributed by atoms with Gasteiger partial charge in [0.15, 0.2) is 0 Å². The second-order valence-electron chi connectivity index (χ2n) is 3.67. The number of alkyl halides is 3. The Hall–Kier alpha value is -1.04. The van der Waals surface area contributed by atoms with Crippen molar-refractivity contribution in [2.75, 3.05) is 11.9 Å². The van der Waals surface area contributed by atoms with Gasteiger partial charge >= 0.3 is 6.18 Å². The Balaban J connectivity index is 2.90. The molecule has 0 aliphatic heterocycles. The Morgan fingerprint density at radius 3 is 2.50 bits per heavy atom. The molecule has 0 saturated heterocycles. The zero-order valence-electron chi connectivity index (χ0n) is 8.77. The molecule has 3 nitrogen and oxygen atoms in total. The van der Waals surface area contributed by atoms with Crippen LogP contribution in [0.1, 0.15) is 19.7 Å². The van der Waals surface area contributed by atoms with Crippen molar-refractivity contribution in [3.8, 4) is 0 Å². The highest BCUT2D eigenvalue weighted by Gasteiger charge is 2.35. The molecule has 0 unspecified atom stereocenters. The van der Waals surface area contributed by atoms with Gasteiger partial charge in [0, 0.05) is 12.6 Å². The van der Waals surface area contributed by atoms with E-state index in [0.717, 1.165) is 0 Å². The summed E-state index contributed by atoms with van der Waals surface area (Å²) in [7, 11) is 0. The molecule has 0 aromatic carbocycles. The maximum absolute atomic E-state index is 12.3. The van der Waals surface area contributed by atoms with Gasteiger partial charge in [-0.2, -0.15) is 13.2 Å². The molecule has 1 aromatic heterocycles. The van der Waals surface area contributed by atoms with E-state index in [2.05, 4.69) is 15.3 Å². The van der Waals surface area contributed by atoms with Gasteiger partial charge in [0.25, 0.3) is 0 Å². The van der Waals surface area contributed by atoms with E-state index >= 15 is 0 Å². The fraction of sp³-hybridized carbons (Fsp3) is 0.556. The van der Waals surface area contributed by atoms with E-state index in [4.69, 9.17) is 11.6 Å². The van der Waals surface area contributed by atoms with E-state index in [1.807, 2.05) is 13.8 Å². The summed E-state index contributed by atoms with van der Waals surface area (Å²) in [6.07, 6.45) is -4.58. The molecular weight excluding hydrogens is 243 g/mol. The highest BCUT2D eigenvalue weighted by atomic mass is 35.5. The first-order valence-corrected chi connectivity index (χ1v) is 5.02. The van der Waals surface area contributed by atoms with Crippen LogP contribution in [0.3, 0.4) is 0 Å². The SMILES string of the molecule is CC(C)CNc1cc(Cl)nc(C(F)(F)F)n1. The summed E-state index contributed by atoms with van der Waals surface area (Å²) in [6.45, 7) is 4.38. The van der Waals surface area contributed by atoms with Crippen LogP contribution in [0.2, 0.25) is 5.15 Å². The van der Waals surface area contributed by atoms with Crippen LogP contribution >= 0.6 is 11.6 Å². The Labute approximate surface area is 96.0 Å². The van der Waals surface area contributed by atoms with E-state index in [9.17, 15) is 13.2 Å². The molecule has 7 heteroatoms. The number of halogens is 4. The van der Waals surface area contributed by atoms with Gasteiger partial charge < -0.3 is 5.32 Å². The minimum Gasteiger partial charge on any atom is -0.370 e. The smallest absolute Gasteiger partial charge is 0.370 e. The van der Waals surface area contributed by atoms with Crippen LogP contribution in [-0.4, -0.2) is 16.5 Å². The van der Waals surface area contributed by atoms with E-state index in [-0.39, 0.29) is 11.0 Å². The third-order valence-corrected chi connectivity index (χ3v) is 1.83. The fourth-order valence-electron chi connectivity index (χ4n) is 0.944. The van der Waals surface area contributed by atoms with Crippen LogP contribution in [-0.2, 0) is 6.18 Å². The van der Waals surface area contributed by atoms with Crippen LogP contribution in [0.5, 0.6) is 0 Å². The lowest BCUT2D eigenvalue weighted by molar-refractivity contribution is -0.144. The van der Waals surface area contributed by atoms with Gasteiger partial charge in [-0.1, -0.05) is 25.4 Å². The predicted molar refractivity (Wildman–Crippen MR) is 55.4 cm³/mol. The molecule has 0 bridgehead atoms. The first kappa shape index (κ1) is 13.0. The second-order valence-corrected chi connectivity index (χ2v) is 4.06. The van der Waals surface area contributed by atoms with Crippen molar-refractivity contribution in [1.29, 1.82) is 0 Å². The number of rotatable bonds is 3. The van der Waals surface area contributed by atoms with Gasteiger partial charge in [-0.3, -0.25) is 0 Å². The molecule has 1 aromatic rings. The van der Waals surface area contributed by atoms with E-state index in [1.54, 1.807) is 0 Å². The third-order valence-electron chi connectivity index (χ3n) is 1.64. The average molecular weight is 254 g/mol. The Kier molecular flexibility index (Phi) is 3.96.